The highest BCUT2D eigenvalue weighted by Crippen LogP contribution is 2.33. The first-order valence-electron chi connectivity index (χ1n) is 6.20. The lowest BCUT2D eigenvalue weighted by Gasteiger charge is -2.38. The number of nitrogens with zero attached hydrogens (tertiary/aromatic N) is 1. The van der Waals surface area contributed by atoms with E-state index in [-0.39, 0.29) is 13.2 Å². The molecule has 2 unspecified atom stereocenters. The summed E-state index contributed by atoms with van der Waals surface area (Å²) in [5, 5.41) is 0. The highest BCUT2D eigenvalue weighted by molar-refractivity contribution is 5.38. The van der Waals surface area contributed by atoms with Crippen molar-refractivity contribution in [2.24, 2.45) is 5.73 Å². The third-order valence-corrected chi connectivity index (χ3v) is 3.36. The summed E-state index contributed by atoms with van der Waals surface area (Å²) in [6.07, 6.45) is -4.23. The topological polar surface area (TPSA) is 38.5 Å². The van der Waals surface area contributed by atoms with Crippen molar-refractivity contribution in [1.82, 2.24) is 4.90 Å². The molecule has 0 saturated carbocycles. The molecule has 2 atom stereocenters. The normalized spacial score (nSPS) is 23.1. The summed E-state index contributed by atoms with van der Waals surface area (Å²) >= 11 is 0. The van der Waals surface area contributed by atoms with Crippen LogP contribution in [0.15, 0.2) is 24.3 Å². The van der Waals surface area contributed by atoms with E-state index in [9.17, 15) is 13.2 Å². The summed E-state index contributed by atoms with van der Waals surface area (Å²) in [6.45, 7) is 1.19. The quantitative estimate of drug-likeness (QED) is 0.919. The van der Waals surface area contributed by atoms with Crippen molar-refractivity contribution in [3.63, 3.8) is 0 Å². The van der Waals surface area contributed by atoms with E-state index in [0.29, 0.717) is 5.75 Å². The minimum Gasteiger partial charge on any atom is -0.492 e. The van der Waals surface area contributed by atoms with Crippen molar-refractivity contribution in [2.75, 3.05) is 19.7 Å². The van der Waals surface area contributed by atoms with E-state index in [1.807, 2.05) is 12.1 Å². The Morgan fingerprint density at radius 3 is 2.68 bits per heavy atom. The summed E-state index contributed by atoms with van der Waals surface area (Å²) in [4.78, 5) is 1.32. The zero-order valence-corrected chi connectivity index (χ0v) is 10.7. The summed E-state index contributed by atoms with van der Waals surface area (Å²) in [7, 11) is 0. The van der Waals surface area contributed by atoms with E-state index in [2.05, 4.69) is 0 Å². The molecule has 1 aromatic carbocycles. The third kappa shape index (κ3) is 3.19. The number of alkyl halides is 3. The van der Waals surface area contributed by atoms with Gasteiger partial charge in [0.15, 0.2) is 0 Å². The minimum absolute atomic E-state index is 0.183. The average Bonchev–Trinajstić information content (AvgIpc) is 2.36. The molecule has 0 aromatic heterocycles. The lowest BCUT2D eigenvalue weighted by molar-refractivity contribution is -0.153. The summed E-state index contributed by atoms with van der Waals surface area (Å²) in [5.74, 6) is 0.661. The number of ether oxygens (including phenoxy) is 1. The van der Waals surface area contributed by atoms with Gasteiger partial charge in [-0.2, -0.15) is 13.2 Å². The second kappa shape index (κ2) is 5.38. The highest BCUT2D eigenvalue weighted by Gasteiger charge is 2.38. The van der Waals surface area contributed by atoms with Crippen LogP contribution >= 0.6 is 0 Å². The van der Waals surface area contributed by atoms with Crippen LogP contribution in [0.25, 0.3) is 0 Å². The Bertz CT molecular complexity index is 436. The molecule has 0 aliphatic carbocycles. The number of fused-ring (bicyclic) bond motifs is 1. The molecule has 2 N–H and O–H groups in total. The Morgan fingerprint density at radius 1 is 1.37 bits per heavy atom. The molecule has 0 saturated heterocycles. The molecule has 1 aliphatic rings. The van der Waals surface area contributed by atoms with Gasteiger partial charge in [-0.15, -0.1) is 0 Å². The van der Waals surface area contributed by atoms with Crippen LogP contribution in [-0.2, 0) is 0 Å². The van der Waals surface area contributed by atoms with Gasteiger partial charge in [0.2, 0.25) is 0 Å². The van der Waals surface area contributed by atoms with E-state index in [0.717, 1.165) is 5.56 Å². The first kappa shape index (κ1) is 14.1. The molecule has 0 radical (unpaired) electrons. The molecule has 0 fully saturated rings. The van der Waals surface area contributed by atoms with Gasteiger partial charge in [-0.05, 0) is 12.6 Å². The molecular formula is C13H17F3N2O. The number of rotatable bonds is 3. The summed E-state index contributed by atoms with van der Waals surface area (Å²) in [5.41, 5.74) is 6.86. The smallest absolute Gasteiger partial charge is 0.401 e. The number of hydrogen-bond donors (Lipinski definition) is 1. The zero-order chi connectivity index (χ0) is 14.0. The van der Waals surface area contributed by atoms with Gasteiger partial charge in [0.05, 0.1) is 18.6 Å². The number of likely N-dealkylation sites (N-methyl/N-ethyl adjacent to an activating group) is 1. The molecule has 0 spiro atoms. The van der Waals surface area contributed by atoms with Crippen LogP contribution < -0.4 is 10.5 Å². The van der Waals surface area contributed by atoms with E-state index in [1.165, 1.54) is 4.90 Å². The highest BCUT2D eigenvalue weighted by atomic mass is 19.4. The van der Waals surface area contributed by atoms with E-state index < -0.39 is 24.8 Å². The number of hydrogen-bond acceptors (Lipinski definition) is 3. The first-order chi connectivity index (χ1) is 8.92. The first-order valence-corrected chi connectivity index (χ1v) is 6.20. The Kier molecular flexibility index (Phi) is 4.01. The molecule has 106 valence electrons. The predicted molar refractivity (Wildman–Crippen MR) is 66.0 cm³/mol. The Hall–Kier alpha value is -1.27. The number of halogens is 3. The van der Waals surface area contributed by atoms with Crippen LogP contribution in [0.3, 0.4) is 0 Å². The van der Waals surface area contributed by atoms with Gasteiger partial charge in [-0.25, -0.2) is 0 Å². The zero-order valence-electron chi connectivity index (χ0n) is 10.7. The van der Waals surface area contributed by atoms with Crippen LogP contribution in [0.4, 0.5) is 13.2 Å². The summed E-state index contributed by atoms with van der Waals surface area (Å²) in [6, 6.07) is 6.29. The van der Waals surface area contributed by atoms with E-state index in [1.54, 1.807) is 19.1 Å². The largest absolute Gasteiger partial charge is 0.492 e. The maximum atomic E-state index is 12.5. The van der Waals surface area contributed by atoms with Crippen LogP contribution in [0.2, 0.25) is 0 Å². The maximum Gasteiger partial charge on any atom is 0.401 e. The fourth-order valence-electron chi connectivity index (χ4n) is 2.40. The lowest BCUT2D eigenvalue weighted by Crippen LogP contribution is -2.51. The number of para-hydroxylation sites is 1. The van der Waals surface area contributed by atoms with Gasteiger partial charge in [0, 0.05) is 5.56 Å². The molecule has 2 rings (SSSR count). The summed E-state index contributed by atoms with van der Waals surface area (Å²) < 4.78 is 43.2. The van der Waals surface area contributed by atoms with Crippen molar-refractivity contribution in [3.8, 4) is 5.75 Å². The fraction of sp³-hybridized carbons (Fsp3) is 0.538. The molecule has 0 amide bonds. The molecule has 3 nitrogen and oxygen atoms in total. The average molecular weight is 274 g/mol. The third-order valence-electron chi connectivity index (χ3n) is 3.36. The van der Waals surface area contributed by atoms with Crippen molar-refractivity contribution >= 4 is 0 Å². The van der Waals surface area contributed by atoms with Crippen molar-refractivity contribution < 1.29 is 17.9 Å². The number of benzene rings is 1. The van der Waals surface area contributed by atoms with Crippen LogP contribution in [0.1, 0.15) is 18.5 Å². The Labute approximate surface area is 110 Å². The van der Waals surface area contributed by atoms with Crippen LogP contribution in [0.5, 0.6) is 5.75 Å². The van der Waals surface area contributed by atoms with Crippen molar-refractivity contribution in [2.45, 2.75) is 25.2 Å². The second-order valence-electron chi connectivity index (χ2n) is 4.62. The molecule has 1 aromatic rings. The lowest BCUT2D eigenvalue weighted by atomic mass is 9.96. The van der Waals surface area contributed by atoms with E-state index >= 15 is 0 Å². The maximum absolute atomic E-state index is 12.5. The van der Waals surface area contributed by atoms with Crippen LogP contribution in [0, 0.1) is 0 Å². The predicted octanol–water partition coefficient (Wildman–Crippen LogP) is 2.33. The molecule has 1 heterocycles. The minimum atomic E-state index is -4.23. The number of nitrogens with two attached hydrogens (primary N) is 1. The molecular weight excluding hydrogens is 257 g/mol. The van der Waals surface area contributed by atoms with Crippen molar-refractivity contribution in [3.05, 3.63) is 29.8 Å². The van der Waals surface area contributed by atoms with Gasteiger partial charge < -0.3 is 10.5 Å². The van der Waals surface area contributed by atoms with Gasteiger partial charge in [-0.3, -0.25) is 4.90 Å². The van der Waals surface area contributed by atoms with Gasteiger partial charge in [-0.1, -0.05) is 25.1 Å². The molecule has 1 aliphatic heterocycles. The molecule has 19 heavy (non-hydrogen) atoms. The Morgan fingerprint density at radius 2 is 2.05 bits per heavy atom. The van der Waals surface area contributed by atoms with Gasteiger partial charge in [0.1, 0.15) is 12.4 Å². The monoisotopic (exact) mass is 274 g/mol. The van der Waals surface area contributed by atoms with Gasteiger partial charge in [0.25, 0.3) is 0 Å². The fourth-order valence-corrected chi connectivity index (χ4v) is 2.40. The van der Waals surface area contributed by atoms with Gasteiger partial charge >= 0.3 is 6.18 Å². The van der Waals surface area contributed by atoms with E-state index in [4.69, 9.17) is 10.5 Å². The Balaban J connectivity index is 2.18. The molecule has 6 heteroatoms. The van der Waals surface area contributed by atoms with Crippen molar-refractivity contribution in [1.29, 1.82) is 0 Å². The van der Waals surface area contributed by atoms with Crippen LogP contribution in [-0.4, -0.2) is 36.8 Å². The molecule has 0 bridgehead atoms. The SMILES string of the molecule is CCN(CC(F)(F)F)C1COc2ccccc2C1N. The standard InChI is InChI=1S/C13H17F3N2O/c1-2-18(8-13(14,15)16)10-7-19-11-6-4-3-5-9(11)12(10)17/h3-6,10,12H,2,7-8,17H2,1H3. The second-order valence-corrected chi connectivity index (χ2v) is 4.62.